The Morgan fingerprint density at radius 1 is 1.08 bits per heavy atom. The summed E-state index contributed by atoms with van der Waals surface area (Å²) in [6.07, 6.45) is 0.846. The van der Waals surface area contributed by atoms with Gasteiger partial charge >= 0.3 is 0 Å². The number of fused-ring (bicyclic) bond motifs is 1. The summed E-state index contributed by atoms with van der Waals surface area (Å²) in [7, 11) is 0. The zero-order valence-electron chi connectivity index (χ0n) is 20.6. The largest absolute Gasteiger partial charge is 0.396 e. The third-order valence-corrected chi connectivity index (χ3v) is 8.25. The second-order valence-electron chi connectivity index (χ2n) is 10.4. The number of benzene rings is 2. The van der Waals surface area contributed by atoms with E-state index in [2.05, 4.69) is 10.6 Å². The van der Waals surface area contributed by atoms with Crippen molar-refractivity contribution in [2.24, 2.45) is 17.8 Å². The van der Waals surface area contributed by atoms with Crippen LogP contribution in [0.3, 0.4) is 0 Å². The third-order valence-electron chi connectivity index (χ3n) is 8.25. The molecule has 3 unspecified atom stereocenters. The van der Waals surface area contributed by atoms with Crippen molar-refractivity contribution in [2.75, 3.05) is 18.5 Å². The van der Waals surface area contributed by atoms with Crippen molar-refractivity contribution in [3.63, 3.8) is 0 Å². The van der Waals surface area contributed by atoms with Crippen molar-refractivity contribution < 1.29 is 24.2 Å². The lowest BCUT2D eigenvalue weighted by molar-refractivity contribution is -0.146. The standard InChI is InChI=1S/C28H33N3O5/c1-18-16-28-22(21(27(18,2)36-28)24(33)30-20-12-7-4-8-13-20)26(35)31(14-9-15-32)23(28)25(34)29-17-19-10-5-3-6-11-19/h3-8,10-13,18,21-23,32H,9,14-17H2,1-2H3,(H,29,34)(H,30,33)/t18?,21-,22-,23?,27+,28?/m0/s1. The van der Waals surface area contributed by atoms with E-state index in [1.165, 1.54) is 4.90 Å². The van der Waals surface area contributed by atoms with E-state index in [0.717, 1.165) is 5.56 Å². The summed E-state index contributed by atoms with van der Waals surface area (Å²) < 4.78 is 6.67. The molecule has 0 aromatic heterocycles. The number of rotatable bonds is 8. The number of amides is 3. The first-order chi connectivity index (χ1) is 17.3. The van der Waals surface area contributed by atoms with Crippen LogP contribution in [-0.4, -0.2) is 58.1 Å². The summed E-state index contributed by atoms with van der Waals surface area (Å²) in [5.41, 5.74) is -0.376. The molecule has 8 heteroatoms. The van der Waals surface area contributed by atoms with Gasteiger partial charge in [0.15, 0.2) is 0 Å². The number of nitrogens with zero attached hydrogens (tertiary/aromatic N) is 1. The second kappa shape index (κ2) is 9.33. The molecule has 5 rings (SSSR count). The predicted molar refractivity (Wildman–Crippen MR) is 134 cm³/mol. The zero-order chi connectivity index (χ0) is 25.5. The molecule has 2 bridgehead atoms. The maximum absolute atomic E-state index is 13.9. The minimum atomic E-state index is -1.10. The highest BCUT2D eigenvalue weighted by Gasteiger charge is 2.79. The molecule has 0 saturated carbocycles. The molecule has 3 amide bonds. The lowest BCUT2D eigenvalue weighted by Gasteiger charge is -2.36. The Hall–Kier alpha value is -3.23. The molecule has 3 N–H and O–H groups in total. The predicted octanol–water partition coefficient (Wildman–Crippen LogP) is 2.33. The molecule has 3 aliphatic heterocycles. The Balaban J connectivity index is 1.48. The first kappa shape index (κ1) is 24.5. The maximum atomic E-state index is 13.9. The van der Waals surface area contributed by atoms with Gasteiger partial charge in [0.1, 0.15) is 11.6 Å². The molecule has 36 heavy (non-hydrogen) atoms. The Kier molecular flexibility index (Phi) is 6.34. The number of para-hydroxylation sites is 1. The van der Waals surface area contributed by atoms with Crippen molar-refractivity contribution in [1.29, 1.82) is 0 Å². The molecule has 2 aromatic rings. The lowest BCUT2D eigenvalue weighted by atomic mass is 9.62. The normalized spacial score (nSPS) is 32.4. The summed E-state index contributed by atoms with van der Waals surface area (Å²) >= 11 is 0. The molecule has 1 spiro atoms. The fourth-order valence-electron chi connectivity index (χ4n) is 6.54. The minimum Gasteiger partial charge on any atom is -0.396 e. The first-order valence-corrected chi connectivity index (χ1v) is 12.6. The van der Waals surface area contributed by atoms with Gasteiger partial charge in [-0.3, -0.25) is 14.4 Å². The van der Waals surface area contributed by atoms with Gasteiger partial charge in [0.25, 0.3) is 0 Å². The van der Waals surface area contributed by atoms with Crippen LogP contribution in [0.1, 0.15) is 32.3 Å². The quantitative estimate of drug-likeness (QED) is 0.525. The van der Waals surface area contributed by atoms with E-state index in [9.17, 15) is 19.5 Å². The summed E-state index contributed by atoms with van der Waals surface area (Å²) in [5, 5.41) is 15.4. The number of hydrogen-bond donors (Lipinski definition) is 3. The van der Waals surface area contributed by atoms with E-state index in [4.69, 9.17) is 4.74 Å². The van der Waals surface area contributed by atoms with E-state index in [1.807, 2.05) is 62.4 Å². The van der Waals surface area contributed by atoms with Crippen LogP contribution in [0.2, 0.25) is 0 Å². The SMILES string of the molecule is CC1CC23O[C@@]1(C)[C@H](C(=O)Nc1ccccc1)[C@H]2C(=O)N(CCCO)C3C(=O)NCc1ccccc1. The number of carbonyl (C=O) groups excluding carboxylic acids is 3. The van der Waals surface area contributed by atoms with Gasteiger partial charge in [0.2, 0.25) is 17.7 Å². The van der Waals surface area contributed by atoms with Gasteiger partial charge in [-0.25, -0.2) is 0 Å². The highest BCUT2D eigenvalue weighted by Crippen LogP contribution is 2.65. The molecular formula is C28H33N3O5. The van der Waals surface area contributed by atoms with E-state index in [0.29, 0.717) is 25.1 Å². The van der Waals surface area contributed by atoms with Crippen LogP contribution in [0.15, 0.2) is 60.7 Å². The number of aliphatic hydroxyl groups is 1. The summed E-state index contributed by atoms with van der Waals surface area (Å²) in [5.74, 6) is -2.37. The number of carbonyl (C=O) groups is 3. The number of anilines is 1. The number of aliphatic hydroxyl groups excluding tert-OH is 1. The van der Waals surface area contributed by atoms with Gasteiger partial charge in [0, 0.05) is 25.4 Å². The van der Waals surface area contributed by atoms with E-state index in [-0.39, 0.29) is 36.8 Å². The monoisotopic (exact) mass is 491 g/mol. The first-order valence-electron chi connectivity index (χ1n) is 12.6. The van der Waals surface area contributed by atoms with Gasteiger partial charge < -0.3 is 25.4 Å². The van der Waals surface area contributed by atoms with Crippen LogP contribution in [0.4, 0.5) is 5.69 Å². The zero-order valence-corrected chi connectivity index (χ0v) is 20.6. The molecule has 0 radical (unpaired) electrons. The van der Waals surface area contributed by atoms with E-state index in [1.54, 1.807) is 12.1 Å². The molecule has 190 valence electrons. The van der Waals surface area contributed by atoms with Gasteiger partial charge in [-0.05, 0) is 43.4 Å². The molecule has 6 atom stereocenters. The highest BCUT2D eigenvalue weighted by atomic mass is 16.5. The van der Waals surface area contributed by atoms with Crippen LogP contribution in [0.25, 0.3) is 0 Å². The molecule has 2 aromatic carbocycles. The Labute approximate surface area is 211 Å². The van der Waals surface area contributed by atoms with Crippen LogP contribution >= 0.6 is 0 Å². The van der Waals surface area contributed by atoms with Gasteiger partial charge in [-0.15, -0.1) is 0 Å². The molecular weight excluding hydrogens is 458 g/mol. The van der Waals surface area contributed by atoms with Crippen molar-refractivity contribution in [3.8, 4) is 0 Å². The van der Waals surface area contributed by atoms with Crippen molar-refractivity contribution >= 4 is 23.4 Å². The smallest absolute Gasteiger partial charge is 0.246 e. The number of hydrogen-bond acceptors (Lipinski definition) is 5. The number of ether oxygens (including phenoxy) is 1. The molecule has 3 fully saturated rings. The van der Waals surface area contributed by atoms with Gasteiger partial charge in [0.05, 0.1) is 17.4 Å². The fraction of sp³-hybridized carbons (Fsp3) is 0.464. The second-order valence-corrected chi connectivity index (χ2v) is 10.4. The number of nitrogens with one attached hydrogen (secondary N) is 2. The molecule has 3 heterocycles. The maximum Gasteiger partial charge on any atom is 0.246 e. The van der Waals surface area contributed by atoms with Crippen molar-refractivity contribution in [3.05, 3.63) is 66.2 Å². The fourth-order valence-corrected chi connectivity index (χ4v) is 6.54. The van der Waals surface area contributed by atoms with E-state index >= 15 is 0 Å². The van der Waals surface area contributed by atoms with Crippen LogP contribution in [0, 0.1) is 17.8 Å². The molecule has 3 saturated heterocycles. The lowest BCUT2D eigenvalue weighted by Crippen LogP contribution is -2.55. The average Bonchev–Trinajstić information content (AvgIpc) is 3.39. The Morgan fingerprint density at radius 3 is 2.42 bits per heavy atom. The van der Waals surface area contributed by atoms with Gasteiger partial charge in [-0.2, -0.15) is 0 Å². The van der Waals surface area contributed by atoms with Gasteiger partial charge in [-0.1, -0.05) is 55.5 Å². The van der Waals surface area contributed by atoms with Crippen LogP contribution in [-0.2, 0) is 25.7 Å². The van der Waals surface area contributed by atoms with Crippen molar-refractivity contribution in [2.45, 2.75) is 50.5 Å². The summed E-state index contributed by atoms with van der Waals surface area (Å²) in [4.78, 5) is 42.8. The molecule has 8 nitrogen and oxygen atoms in total. The van der Waals surface area contributed by atoms with Crippen molar-refractivity contribution in [1.82, 2.24) is 10.2 Å². The Morgan fingerprint density at radius 2 is 1.75 bits per heavy atom. The third kappa shape index (κ3) is 3.79. The van der Waals surface area contributed by atoms with Crippen LogP contribution < -0.4 is 10.6 Å². The molecule has 0 aliphatic carbocycles. The van der Waals surface area contributed by atoms with E-state index < -0.39 is 29.1 Å². The summed E-state index contributed by atoms with van der Waals surface area (Å²) in [6, 6.07) is 17.9. The minimum absolute atomic E-state index is 0.0321. The Bertz CT molecular complexity index is 1140. The average molecular weight is 492 g/mol. The number of likely N-dealkylation sites (tertiary alicyclic amines) is 1. The summed E-state index contributed by atoms with van der Waals surface area (Å²) in [6.45, 7) is 4.35. The topological polar surface area (TPSA) is 108 Å². The van der Waals surface area contributed by atoms with Crippen LogP contribution in [0.5, 0.6) is 0 Å². The molecule has 3 aliphatic rings. The highest BCUT2D eigenvalue weighted by molar-refractivity contribution is 6.02.